The van der Waals surface area contributed by atoms with E-state index in [0.717, 1.165) is 67.1 Å². The van der Waals surface area contributed by atoms with Crippen LogP contribution in [0.15, 0.2) is 41.9 Å². The van der Waals surface area contributed by atoms with Gasteiger partial charge in [0.2, 0.25) is 0 Å². The van der Waals surface area contributed by atoms with E-state index in [1.54, 1.807) is 11.3 Å². The smallest absolute Gasteiger partial charge is 0.119 e. The van der Waals surface area contributed by atoms with Crippen molar-refractivity contribution in [3.8, 4) is 0 Å². The molecule has 0 unspecified atom stereocenters. The number of fused-ring (bicyclic) bond motifs is 3. The van der Waals surface area contributed by atoms with Gasteiger partial charge in [0.05, 0.1) is 16.6 Å². The number of aryl methyl sites for hydroxylation is 1. The van der Waals surface area contributed by atoms with Gasteiger partial charge in [-0.15, -0.1) is 11.3 Å². The van der Waals surface area contributed by atoms with Crippen LogP contribution in [-0.2, 0) is 6.42 Å². The molecule has 6 rings (SSSR count). The van der Waals surface area contributed by atoms with E-state index in [0.29, 0.717) is 5.92 Å². The summed E-state index contributed by atoms with van der Waals surface area (Å²) in [5.74, 6) is 1.79. The molecule has 1 fully saturated rings. The van der Waals surface area contributed by atoms with Gasteiger partial charge in [-0.3, -0.25) is 0 Å². The van der Waals surface area contributed by atoms with Crippen LogP contribution in [0.5, 0.6) is 0 Å². The molecule has 0 radical (unpaired) electrons. The first-order chi connectivity index (χ1) is 14.6. The third kappa shape index (κ3) is 3.96. The molecule has 30 heavy (non-hydrogen) atoms. The molecule has 2 heterocycles. The van der Waals surface area contributed by atoms with Crippen molar-refractivity contribution in [1.29, 1.82) is 0 Å². The average Bonchev–Trinajstić information content (AvgIpc) is 3.42. The molecule has 3 atom stereocenters. The molecule has 0 spiro atoms. The first-order valence-corrected chi connectivity index (χ1v) is 11.9. The topological polar surface area (TPSA) is 65.0 Å². The number of allylic oxidation sites excluding steroid dienone is 1. The minimum atomic E-state index is -0.559. The molecule has 0 saturated heterocycles. The fourth-order valence-electron chi connectivity index (χ4n) is 5.22. The summed E-state index contributed by atoms with van der Waals surface area (Å²) in [6, 6.07) is 8.19. The van der Waals surface area contributed by atoms with E-state index in [9.17, 15) is 5.11 Å². The van der Waals surface area contributed by atoms with Crippen molar-refractivity contribution < 1.29 is 5.11 Å². The van der Waals surface area contributed by atoms with E-state index in [4.69, 9.17) is 0 Å². The molecule has 2 bridgehead atoms. The Bertz CT molecular complexity index is 994. The van der Waals surface area contributed by atoms with Crippen molar-refractivity contribution >= 4 is 27.9 Å². The van der Waals surface area contributed by atoms with Gasteiger partial charge in [0.25, 0.3) is 0 Å². The molecule has 158 valence electrons. The fourth-order valence-corrected chi connectivity index (χ4v) is 5.97. The minimum absolute atomic E-state index is 0.269. The zero-order valence-corrected chi connectivity index (χ0v) is 18.4. The number of thiazole rings is 1. The number of aromatic amines is 1. The van der Waals surface area contributed by atoms with Gasteiger partial charge in [0.15, 0.2) is 0 Å². The van der Waals surface area contributed by atoms with Gasteiger partial charge in [-0.25, -0.2) is 9.97 Å². The van der Waals surface area contributed by atoms with Crippen LogP contribution in [0.3, 0.4) is 0 Å². The zero-order valence-electron chi connectivity index (χ0n) is 17.6. The Kier molecular flexibility index (Phi) is 5.48. The Morgan fingerprint density at radius 1 is 1.27 bits per heavy atom. The number of H-pyrrole nitrogens is 1. The molecule has 1 aromatic carbocycles. The lowest BCUT2D eigenvalue weighted by molar-refractivity contribution is -0.0574. The van der Waals surface area contributed by atoms with Crippen LogP contribution >= 0.6 is 11.3 Å². The molecule has 5 nitrogen and oxygen atoms in total. The second-order valence-corrected chi connectivity index (χ2v) is 9.90. The summed E-state index contributed by atoms with van der Waals surface area (Å²) in [6.07, 6.45) is 10.3. The van der Waals surface area contributed by atoms with Crippen LogP contribution in [0.2, 0.25) is 0 Å². The van der Waals surface area contributed by atoms with Crippen molar-refractivity contribution in [2.75, 3.05) is 20.1 Å². The van der Waals surface area contributed by atoms with Gasteiger partial charge >= 0.3 is 0 Å². The average molecular weight is 423 g/mol. The Labute approximate surface area is 181 Å². The third-order valence-corrected chi connectivity index (χ3v) is 7.76. The molecule has 3 aliphatic rings. The van der Waals surface area contributed by atoms with Crippen LogP contribution in [-0.4, -0.2) is 50.7 Å². The second-order valence-electron chi connectivity index (χ2n) is 9.01. The number of benzene rings is 1. The molecule has 2 N–H and O–H groups in total. The Hall–Kier alpha value is -2.02. The summed E-state index contributed by atoms with van der Waals surface area (Å²) in [4.78, 5) is 14.9. The van der Waals surface area contributed by atoms with E-state index in [1.165, 1.54) is 12.0 Å². The number of aromatic nitrogens is 3. The molecule has 0 amide bonds. The number of nitrogens with zero attached hydrogens (tertiary/aromatic N) is 3. The first kappa shape index (κ1) is 19.9. The monoisotopic (exact) mass is 422 g/mol. The second kappa shape index (κ2) is 8.25. The maximum absolute atomic E-state index is 11.4. The van der Waals surface area contributed by atoms with Crippen molar-refractivity contribution in [2.45, 2.75) is 44.1 Å². The third-order valence-electron chi connectivity index (χ3n) is 6.93. The number of para-hydroxylation sites is 2. The zero-order chi connectivity index (χ0) is 20.6. The van der Waals surface area contributed by atoms with Crippen molar-refractivity contribution in [1.82, 2.24) is 19.9 Å². The maximum atomic E-state index is 11.4. The lowest BCUT2D eigenvalue weighted by atomic mass is 9.62. The lowest BCUT2D eigenvalue weighted by Gasteiger charge is -2.47. The van der Waals surface area contributed by atoms with Gasteiger partial charge in [-0.05, 0) is 69.3 Å². The number of aliphatic hydroxyl groups is 1. The largest absolute Gasteiger partial charge is 0.389 e. The van der Waals surface area contributed by atoms with E-state index in [-0.39, 0.29) is 5.92 Å². The molecule has 2 aromatic heterocycles. The summed E-state index contributed by atoms with van der Waals surface area (Å²) in [6.45, 7) is 1.95. The number of nitrogens with one attached hydrogen (secondary N) is 1. The van der Waals surface area contributed by atoms with Gasteiger partial charge in [0.1, 0.15) is 10.8 Å². The normalized spacial score (nSPS) is 25.9. The van der Waals surface area contributed by atoms with E-state index >= 15 is 0 Å². The van der Waals surface area contributed by atoms with Crippen molar-refractivity contribution in [2.24, 2.45) is 11.8 Å². The van der Waals surface area contributed by atoms with Gasteiger partial charge in [-0.2, -0.15) is 0 Å². The number of imidazole rings is 1. The highest BCUT2D eigenvalue weighted by Crippen LogP contribution is 2.51. The Morgan fingerprint density at radius 2 is 2.17 bits per heavy atom. The first-order valence-electron chi connectivity index (χ1n) is 11.1. The highest BCUT2D eigenvalue weighted by atomic mass is 32.1. The number of rotatable bonds is 8. The summed E-state index contributed by atoms with van der Waals surface area (Å²) in [5, 5.41) is 14.6. The summed E-state index contributed by atoms with van der Waals surface area (Å²) in [5.41, 5.74) is 2.97. The van der Waals surface area contributed by atoms with Crippen LogP contribution in [0, 0.1) is 11.8 Å². The fraction of sp³-hybridized carbons (Fsp3) is 0.500. The van der Waals surface area contributed by atoms with Gasteiger partial charge in [0, 0.05) is 30.5 Å². The highest BCUT2D eigenvalue weighted by Gasteiger charge is 2.46. The number of hydrogen-bond acceptors (Lipinski definition) is 5. The lowest BCUT2D eigenvalue weighted by Crippen LogP contribution is -2.48. The van der Waals surface area contributed by atoms with Crippen LogP contribution in [0.4, 0.5) is 0 Å². The Balaban J connectivity index is 1.12. The van der Waals surface area contributed by atoms with Crippen molar-refractivity contribution in [3.05, 3.63) is 52.8 Å². The SMILES string of the molecule is CN(CCCc1nc2ccccc2[nH]1)CC[C@@]1(O)C[C@@H]2CC[C@@H]1C=C2c1nccs1. The summed E-state index contributed by atoms with van der Waals surface area (Å²) >= 11 is 1.72. The van der Waals surface area contributed by atoms with Gasteiger partial charge in [-0.1, -0.05) is 18.2 Å². The highest BCUT2D eigenvalue weighted by molar-refractivity contribution is 7.10. The molecular weight excluding hydrogens is 392 g/mol. The summed E-state index contributed by atoms with van der Waals surface area (Å²) < 4.78 is 0. The van der Waals surface area contributed by atoms with E-state index in [1.807, 2.05) is 23.7 Å². The van der Waals surface area contributed by atoms with Gasteiger partial charge < -0.3 is 15.0 Å². The number of hydrogen-bond donors (Lipinski definition) is 2. The predicted molar refractivity (Wildman–Crippen MR) is 122 cm³/mol. The molecular formula is C24H30N4OS. The molecule has 6 heteroatoms. The predicted octanol–water partition coefficient (Wildman–Crippen LogP) is 4.52. The Morgan fingerprint density at radius 3 is 2.93 bits per heavy atom. The standard InChI is InChI=1S/C24H30N4OS/c1-28(12-4-7-22-26-20-5-2-3-6-21(20)27-22)13-10-24(29)16-17-8-9-18(24)15-19(17)23-25-11-14-30-23/h2-3,5-6,11,14-15,17-18,29H,4,7-10,12-13,16H2,1H3,(H,26,27)/t17-,18+,24+/m0/s1. The summed E-state index contributed by atoms with van der Waals surface area (Å²) in [7, 11) is 2.17. The van der Waals surface area contributed by atoms with E-state index < -0.39 is 5.60 Å². The van der Waals surface area contributed by atoms with Crippen LogP contribution in [0.1, 0.15) is 42.9 Å². The van der Waals surface area contributed by atoms with Crippen LogP contribution in [0.25, 0.3) is 16.6 Å². The molecule has 3 aliphatic carbocycles. The van der Waals surface area contributed by atoms with E-state index in [2.05, 4.69) is 45.1 Å². The van der Waals surface area contributed by atoms with Crippen LogP contribution < -0.4 is 0 Å². The quantitative estimate of drug-likeness (QED) is 0.560. The molecule has 1 saturated carbocycles. The molecule has 3 aromatic rings. The van der Waals surface area contributed by atoms with Crippen molar-refractivity contribution in [3.63, 3.8) is 0 Å². The maximum Gasteiger partial charge on any atom is 0.119 e. The minimum Gasteiger partial charge on any atom is -0.389 e. The molecule has 0 aliphatic heterocycles.